The van der Waals surface area contributed by atoms with Crippen molar-refractivity contribution in [3.05, 3.63) is 34.3 Å². The van der Waals surface area contributed by atoms with Crippen molar-refractivity contribution in [3.63, 3.8) is 0 Å². The van der Waals surface area contributed by atoms with Crippen LogP contribution in [0.25, 0.3) is 0 Å². The Kier molecular flexibility index (Phi) is 4.52. The molecule has 1 heterocycles. The molecule has 2 rings (SSSR count). The van der Waals surface area contributed by atoms with Crippen LogP contribution in [0.2, 0.25) is 0 Å². The van der Waals surface area contributed by atoms with Crippen molar-refractivity contribution in [3.8, 4) is 0 Å². The first-order valence-electron chi connectivity index (χ1n) is 5.04. The van der Waals surface area contributed by atoms with Gasteiger partial charge in [0.1, 0.15) is 0 Å². The number of tetrazole rings is 1. The summed E-state index contributed by atoms with van der Waals surface area (Å²) in [5.74, 6) is 0.785. The molecule has 90 valence electrons. The van der Waals surface area contributed by atoms with Gasteiger partial charge in [0.15, 0.2) is 0 Å². The van der Waals surface area contributed by atoms with Crippen molar-refractivity contribution < 1.29 is 5.11 Å². The summed E-state index contributed by atoms with van der Waals surface area (Å²) >= 11 is 5.04. The first-order chi connectivity index (χ1) is 8.31. The van der Waals surface area contributed by atoms with Gasteiger partial charge in [-0.2, -0.15) is 0 Å². The second-order valence-electron chi connectivity index (χ2n) is 3.29. The molecule has 0 bridgehead atoms. The zero-order valence-corrected chi connectivity index (χ0v) is 11.4. The van der Waals surface area contributed by atoms with E-state index in [0.717, 1.165) is 15.4 Å². The minimum absolute atomic E-state index is 0.0353. The molecule has 0 aliphatic carbocycles. The molecule has 7 heteroatoms. The molecule has 0 unspecified atom stereocenters. The highest BCUT2D eigenvalue weighted by molar-refractivity contribution is 9.10. The molecule has 0 spiro atoms. The van der Waals surface area contributed by atoms with Crippen LogP contribution in [-0.4, -0.2) is 31.9 Å². The van der Waals surface area contributed by atoms with Gasteiger partial charge in [0, 0.05) is 10.2 Å². The van der Waals surface area contributed by atoms with Crippen LogP contribution in [0, 0.1) is 0 Å². The third-order valence-corrected chi connectivity index (χ3v) is 3.91. The topological polar surface area (TPSA) is 63.8 Å². The quantitative estimate of drug-likeness (QED) is 0.851. The molecular weight excluding hydrogens is 304 g/mol. The first kappa shape index (κ1) is 12.5. The molecule has 2 aromatic rings. The molecule has 0 saturated carbocycles. The zero-order valence-electron chi connectivity index (χ0n) is 8.95. The van der Waals surface area contributed by atoms with Crippen molar-refractivity contribution in [2.45, 2.75) is 17.5 Å². The van der Waals surface area contributed by atoms with Gasteiger partial charge in [0.2, 0.25) is 5.16 Å². The summed E-state index contributed by atoms with van der Waals surface area (Å²) in [4.78, 5) is 0. The number of halogens is 1. The number of rotatable bonds is 5. The number of hydrogen-bond donors (Lipinski definition) is 1. The smallest absolute Gasteiger partial charge is 0.209 e. The van der Waals surface area contributed by atoms with Crippen molar-refractivity contribution >= 4 is 27.7 Å². The van der Waals surface area contributed by atoms with Gasteiger partial charge in [-0.05, 0) is 22.1 Å². The SMILES string of the molecule is OCCn1nnnc1SCc1ccccc1Br. The molecule has 1 N–H and O–H groups in total. The average Bonchev–Trinajstić information content (AvgIpc) is 2.76. The number of thioether (sulfide) groups is 1. The summed E-state index contributed by atoms with van der Waals surface area (Å²) < 4.78 is 2.68. The fraction of sp³-hybridized carbons (Fsp3) is 0.300. The second-order valence-corrected chi connectivity index (χ2v) is 5.09. The number of aromatic nitrogens is 4. The minimum atomic E-state index is 0.0353. The van der Waals surface area contributed by atoms with Crippen LogP contribution in [-0.2, 0) is 12.3 Å². The molecule has 0 atom stereocenters. The van der Waals surface area contributed by atoms with Crippen molar-refractivity contribution in [1.29, 1.82) is 0 Å². The molecule has 17 heavy (non-hydrogen) atoms. The maximum absolute atomic E-state index is 8.86. The lowest BCUT2D eigenvalue weighted by atomic mass is 10.2. The predicted molar refractivity (Wildman–Crippen MR) is 68.6 cm³/mol. The van der Waals surface area contributed by atoms with E-state index in [9.17, 15) is 0 Å². The summed E-state index contributed by atoms with van der Waals surface area (Å²) in [6.07, 6.45) is 0. The molecule has 0 aliphatic heterocycles. The van der Waals surface area contributed by atoms with Crippen LogP contribution in [0.4, 0.5) is 0 Å². The van der Waals surface area contributed by atoms with E-state index in [1.54, 1.807) is 16.4 Å². The fourth-order valence-electron chi connectivity index (χ4n) is 1.29. The molecule has 1 aromatic heterocycles. The van der Waals surface area contributed by atoms with Gasteiger partial charge in [0.25, 0.3) is 0 Å². The summed E-state index contributed by atoms with van der Waals surface area (Å²) in [6, 6.07) is 8.04. The van der Waals surface area contributed by atoms with E-state index in [2.05, 4.69) is 37.5 Å². The minimum Gasteiger partial charge on any atom is -0.394 e. The van der Waals surface area contributed by atoms with E-state index in [1.165, 1.54) is 5.56 Å². The lowest BCUT2D eigenvalue weighted by Crippen LogP contribution is -2.05. The van der Waals surface area contributed by atoms with Crippen LogP contribution in [0.3, 0.4) is 0 Å². The lowest BCUT2D eigenvalue weighted by molar-refractivity contribution is 0.262. The second kappa shape index (κ2) is 6.13. The first-order valence-corrected chi connectivity index (χ1v) is 6.82. The Labute approximate surface area is 111 Å². The van der Waals surface area contributed by atoms with Crippen LogP contribution >= 0.6 is 27.7 Å². The third kappa shape index (κ3) is 3.27. The van der Waals surface area contributed by atoms with Crippen LogP contribution in [0.5, 0.6) is 0 Å². The highest BCUT2D eigenvalue weighted by Crippen LogP contribution is 2.24. The van der Waals surface area contributed by atoms with Crippen LogP contribution in [0.15, 0.2) is 33.9 Å². The summed E-state index contributed by atoms with van der Waals surface area (Å²) in [5.41, 5.74) is 1.19. The molecule has 1 aromatic carbocycles. The number of nitrogens with zero attached hydrogens (tertiary/aromatic N) is 4. The van der Waals surface area contributed by atoms with E-state index in [1.807, 2.05) is 18.2 Å². The normalized spacial score (nSPS) is 10.7. The average molecular weight is 315 g/mol. The van der Waals surface area contributed by atoms with Gasteiger partial charge < -0.3 is 5.11 Å². The molecule has 0 fully saturated rings. The molecule has 0 saturated heterocycles. The molecule has 0 amide bonds. The highest BCUT2D eigenvalue weighted by Gasteiger charge is 2.07. The number of aliphatic hydroxyl groups excluding tert-OH is 1. The standard InChI is InChI=1S/C10H11BrN4OS/c11-9-4-2-1-3-8(9)7-17-10-12-13-14-15(10)5-6-16/h1-4,16H,5-7H2. The molecule has 0 radical (unpaired) electrons. The van der Waals surface area contributed by atoms with E-state index in [-0.39, 0.29) is 6.61 Å². The van der Waals surface area contributed by atoms with Gasteiger partial charge >= 0.3 is 0 Å². The zero-order chi connectivity index (χ0) is 12.1. The van der Waals surface area contributed by atoms with Crippen molar-refractivity contribution in [2.24, 2.45) is 0 Å². The summed E-state index contributed by atoms with van der Waals surface area (Å²) in [7, 11) is 0. The lowest BCUT2D eigenvalue weighted by Gasteiger charge is -2.04. The van der Waals surface area contributed by atoms with Crippen molar-refractivity contribution in [2.75, 3.05) is 6.61 Å². The van der Waals surface area contributed by atoms with Gasteiger partial charge in [0.05, 0.1) is 13.2 Å². The predicted octanol–water partition coefficient (Wildman–Crippen LogP) is 1.72. The van der Waals surface area contributed by atoms with Crippen LogP contribution in [0.1, 0.15) is 5.56 Å². The Morgan fingerprint density at radius 2 is 2.18 bits per heavy atom. The number of aliphatic hydroxyl groups is 1. The Morgan fingerprint density at radius 3 is 2.94 bits per heavy atom. The monoisotopic (exact) mass is 314 g/mol. The maximum Gasteiger partial charge on any atom is 0.209 e. The number of benzene rings is 1. The third-order valence-electron chi connectivity index (χ3n) is 2.13. The van der Waals surface area contributed by atoms with Gasteiger partial charge in [-0.3, -0.25) is 0 Å². The van der Waals surface area contributed by atoms with Gasteiger partial charge in [-0.15, -0.1) is 5.10 Å². The summed E-state index contributed by atoms with van der Waals surface area (Å²) in [5, 5.41) is 20.9. The Balaban J connectivity index is 2.02. The van der Waals surface area contributed by atoms with Crippen LogP contribution < -0.4 is 0 Å². The fourth-order valence-corrected chi connectivity index (χ4v) is 2.81. The number of hydrogen-bond acceptors (Lipinski definition) is 5. The van der Waals surface area contributed by atoms with E-state index in [4.69, 9.17) is 5.11 Å². The molecule has 5 nitrogen and oxygen atoms in total. The maximum atomic E-state index is 8.86. The van der Waals surface area contributed by atoms with E-state index >= 15 is 0 Å². The molecule has 0 aliphatic rings. The van der Waals surface area contributed by atoms with Gasteiger partial charge in [-0.25, -0.2) is 4.68 Å². The van der Waals surface area contributed by atoms with E-state index in [0.29, 0.717) is 6.54 Å². The highest BCUT2D eigenvalue weighted by atomic mass is 79.9. The Hall–Kier alpha value is -0.920. The largest absolute Gasteiger partial charge is 0.394 e. The summed E-state index contributed by atoms with van der Waals surface area (Å²) in [6.45, 7) is 0.457. The Morgan fingerprint density at radius 1 is 1.35 bits per heavy atom. The van der Waals surface area contributed by atoms with Crippen molar-refractivity contribution in [1.82, 2.24) is 20.2 Å². The Bertz CT molecular complexity index is 491. The van der Waals surface area contributed by atoms with Gasteiger partial charge in [-0.1, -0.05) is 45.9 Å². The molecular formula is C10H11BrN4OS. The van der Waals surface area contributed by atoms with E-state index < -0.39 is 0 Å².